The second-order valence-corrected chi connectivity index (χ2v) is 9.00. The third-order valence-electron chi connectivity index (χ3n) is 6.70. The van der Waals surface area contributed by atoms with E-state index in [1.54, 1.807) is 0 Å². The molecule has 3 heteroatoms. The lowest BCUT2D eigenvalue weighted by Crippen LogP contribution is -2.51. The van der Waals surface area contributed by atoms with E-state index in [2.05, 4.69) is 43.5 Å². The molecule has 0 aromatic heterocycles. The standard InChI is InChI=1S/C21H30N2O/c1-13-4-14(2)19(15(3)5-13)23-20(24)22-12-21-9-16-6-17(10-21)8-18(7-16)11-21/h4-5,16-18H,6-12H2,1-3H3,(H2,22,23,24). The Morgan fingerprint density at radius 1 is 1.00 bits per heavy atom. The molecule has 2 amide bonds. The van der Waals surface area contributed by atoms with Crippen molar-refractivity contribution >= 4 is 11.7 Å². The van der Waals surface area contributed by atoms with Crippen LogP contribution in [0.15, 0.2) is 12.1 Å². The molecule has 0 saturated heterocycles. The molecule has 3 nitrogen and oxygen atoms in total. The van der Waals surface area contributed by atoms with Gasteiger partial charge in [0.15, 0.2) is 0 Å². The van der Waals surface area contributed by atoms with Gasteiger partial charge in [-0.15, -0.1) is 0 Å². The predicted molar refractivity (Wildman–Crippen MR) is 98.3 cm³/mol. The normalized spacial score (nSPS) is 33.5. The maximum absolute atomic E-state index is 12.5. The molecule has 4 aliphatic rings. The zero-order valence-corrected chi connectivity index (χ0v) is 15.2. The van der Waals surface area contributed by atoms with Crippen molar-refractivity contribution in [2.75, 3.05) is 11.9 Å². The van der Waals surface area contributed by atoms with E-state index in [-0.39, 0.29) is 6.03 Å². The van der Waals surface area contributed by atoms with E-state index < -0.39 is 0 Å². The number of carbonyl (C=O) groups excluding carboxylic acids is 1. The van der Waals surface area contributed by atoms with Crippen molar-refractivity contribution in [3.05, 3.63) is 28.8 Å². The fourth-order valence-corrected chi connectivity index (χ4v) is 6.31. The van der Waals surface area contributed by atoms with E-state index in [1.165, 1.54) is 44.1 Å². The molecule has 4 bridgehead atoms. The van der Waals surface area contributed by atoms with E-state index in [1.807, 2.05) is 0 Å². The summed E-state index contributed by atoms with van der Waals surface area (Å²) in [6, 6.07) is 4.21. The number of hydrogen-bond donors (Lipinski definition) is 2. The molecule has 0 radical (unpaired) electrons. The Hall–Kier alpha value is -1.51. The summed E-state index contributed by atoms with van der Waals surface area (Å²) in [6.07, 6.45) is 8.36. The van der Waals surface area contributed by atoms with Crippen LogP contribution < -0.4 is 10.6 Å². The lowest BCUT2D eigenvalue weighted by atomic mass is 9.49. The van der Waals surface area contributed by atoms with Gasteiger partial charge in [0.2, 0.25) is 0 Å². The predicted octanol–water partition coefficient (Wildman–Crippen LogP) is 4.95. The number of benzene rings is 1. The van der Waals surface area contributed by atoms with Crippen LogP contribution in [0.25, 0.3) is 0 Å². The molecule has 4 saturated carbocycles. The van der Waals surface area contributed by atoms with E-state index >= 15 is 0 Å². The van der Waals surface area contributed by atoms with Crippen molar-refractivity contribution in [1.29, 1.82) is 0 Å². The third kappa shape index (κ3) is 2.94. The van der Waals surface area contributed by atoms with Gasteiger partial charge >= 0.3 is 6.03 Å². The van der Waals surface area contributed by atoms with Crippen molar-refractivity contribution in [3.63, 3.8) is 0 Å². The van der Waals surface area contributed by atoms with Crippen LogP contribution in [0.1, 0.15) is 55.2 Å². The van der Waals surface area contributed by atoms with Crippen molar-refractivity contribution in [2.24, 2.45) is 23.2 Å². The Bertz CT molecular complexity index is 606. The van der Waals surface area contributed by atoms with Gasteiger partial charge in [0, 0.05) is 12.2 Å². The second-order valence-electron chi connectivity index (χ2n) is 9.00. The van der Waals surface area contributed by atoms with E-state index in [0.717, 1.165) is 41.1 Å². The van der Waals surface area contributed by atoms with E-state index in [0.29, 0.717) is 5.41 Å². The molecular weight excluding hydrogens is 296 g/mol. The number of hydrogen-bond acceptors (Lipinski definition) is 1. The fourth-order valence-electron chi connectivity index (χ4n) is 6.31. The molecule has 24 heavy (non-hydrogen) atoms. The molecule has 0 aliphatic heterocycles. The summed E-state index contributed by atoms with van der Waals surface area (Å²) < 4.78 is 0. The molecule has 0 heterocycles. The molecule has 0 atom stereocenters. The topological polar surface area (TPSA) is 41.1 Å². The minimum atomic E-state index is -0.0409. The Labute approximate surface area is 145 Å². The summed E-state index contributed by atoms with van der Waals surface area (Å²) in [6.45, 7) is 7.08. The van der Waals surface area contributed by atoms with Crippen LogP contribution in [-0.4, -0.2) is 12.6 Å². The zero-order chi connectivity index (χ0) is 16.9. The summed E-state index contributed by atoms with van der Waals surface area (Å²) >= 11 is 0. The van der Waals surface area contributed by atoms with Gasteiger partial charge in [-0.05, 0) is 93.6 Å². The monoisotopic (exact) mass is 326 g/mol. The summed E-state index contributed by atoms with van der Waals surface area (Å²) in [5, 5.41) is 6.30. The molecule has 1 aromatic rings. The van der Waals surface area contributed by atoms with Gasteiger partial charge in [0.1, 0.15) is 0 Å². The molecule has 5 rings (SSSR count). The average molecular weight is 326 g/mol. The highest BCUT2D eigenvalue weighted by molar-refractivity contribution is 5.91. The smallest absolute Gasteiger partial charge is 0.319 e. The van der Waals surface area contributed by atoms with Crippen molar-refractivity contribution < 1.29 is 4.79 Å². The first kappa shape index (κ1) is 16.0. The van der Waals surface area contributed by atoms with Gasteiger partial charge < -0.3 is 10.6 Å². The highest BCUT2D eigenvalue weighted by Gasteiger charge is 2.50. The first-order valence-electron chi connectivity index (χ1n) is 9.55. The molecule has 4 fully saturated rings. The first-order valence-corrected chi connectivity index (χ1v) is 9.55. The number of amides is 2. The molecule has 4 aliphatic carbocycles. The quantitative estimate of drug-likeness (QED) is 0.810. The number of aryl methyl sites for hydroxylation is 3. The number of nitrogens with one attached hydrogen (secondary N) is 2. The highest BCUT2D eigenvalue weighted by Crippen LogP contribution is 2.59. The number of rotatable bonds is 3. The van der Waals surface area contributed by atoms with Gasteiger partial charge in [0.05, 0.1) is 0 Å². The number of carbonyl (C=O) groups is 1. The number of urea groups is 1. The van der Waals surface area contributed by atoms with Gasteiger partial charge in [0.25, 0.3) is 0 Å². The second kappa shape index (κ2) is 5.79. The van der Waals surface area contributed by atoms with Crippen LogP contribution in [0.2, 0.25) is 0 Å². The average Bonchev–Trinajstić information content (AvgIpc) is 2.47. The van der Waals surface area contributed by atoms with Gasteiger partial charge in [-0.2, -0.15) is 0 Å². The van der Waals surface area contributed by atoms with Crippen LogP contribution in [-0.2, 0) is 0 Å². The van der Waals surface area contributed by atoms with Crippen LogP contribution in [0.4, 0.5) is 10.5 Å². The summed E-state index contributed by atoms with van der Waals surface area (Å²) in [5.41, 5.74) is 4.87. The highest BCUT2D eigenvalue weighted by atomic mass is 16.2. The molecule has 130 valence electrons. The van der Waals surface area contributed by atoms with Crippen LogP contribution in [0, 0.1) is 43.9 Å². The fraction of sp³-hybridized carbons (Fsp3) is 0.667. The Balaban J connectivity index is 1.39. The van der Waals surface area contributed by atoms with Gasteiger partial charge in [-0.25, -0.2) is 4.79 Å². The van der Waals surface area contributed by atoms with Crippen molar-refractivity contribution in [3.8, 4) is 0 Å². The maximum Gasteiger partial charge on any atom is 0.319 e. The van der Waals surface area contributed by atoms with Crippen molar-refractivity contribution in [2.45, 2.75) is 59.3 Å². The zero-order valence-electron chi connectivity index (χ0n) is 15.2. The maximum atomic E-state index is 12.5. The van der Waals surface area contributed by atoms with Crippen molar-refractivity contribution in [1.82, 2.24) is 5.32 Å². The summed E-state index contributed by atoms with van der Waals surface area (Å²) in [7, 11) is 0. The summed E-state index contributed by atoms with van der Waals surface area (Å²) in [4.78, 5) is 12.5. The Morgan fingerprint density at radius 2 is 1.50 bits per heavy atom. The lowest BCUT2D eigenvalue weighted by molar-refractivity contribution is -0.0496. The molecule has 0 unspecified atom stereocenters. The largest absolute Gasteiger partial charge is 0.337 e. The Morgan fingerprint density at radius 3 is 2.00 bits per heavy atom. The lowest BCUT2D eigenvalue weighted by Gasteiger charge is -2.56. The van der Waals surface area contributed by atoms with E-state index in [4.69, 9.17) is 0 Å². The van der Waals surface area contributed by atoms with Gasteiger partial charge in [-0.1, -0.05) is 17.7 Å². The van der Waals surface area contributed by atoms with Gasteiger partial charge in [-0.3, -0.25) is 0 Å². The minimum Gasteiger partial charge on any atom is -0.337 e. The molecule has 2 N–H and O–H groups in total. The molecule has 0 spiro atoms. The minimum absolute atomic E-state index is 0.0409. The Kier molecular flexibility index (Phi) is 3.85. The van der Waals surface area contributed by atoms with Crippen LogP contribution in [0.5, 0.6) is 0 Å². The summed E-state index contributed by atoms with van der Waals surface area (Å²) in [5.74, 6) is 2.80. The first-order chi connectivity index (χ1) is 11.4. The van der Waals surface area contributed by atoms with Crippen LogP contribution in [0.3, 0.4) is 0 Å². The molecular formula is C21H30N2O. The van der Waals surface area contributed by atoms with Crippen LogP contribution >= 0.6 is 0 Å². The van der Waals surface area contributed by atoms with E-state index in [9.17, 15) is 4.79 Å². The SMILES string of the molecule is Cc1cc(C)c(NC(=O)NCC23CC4CC(CC(C4)C2)C3)c(C)c1. The molecule has 1 aromatic carbocycles. The third-order valence-corrected chi connectivity index (χ3v) is 6.70. The number of anilines is 1.